The zero-order valence-corrected chi connectivity index (χ0v) is 16.9. The summed E-state index contributed by atoms with van der Waals surface area (Å²) in [5, 5.41) is 0.657. The predicted molar refractivity (Wildman–Crippen MR) is 105 cm³/mol. The van der Waals surface area contributed by atoms with E-state index in [1.54, 1.807) is 12.1 Å². The van der Waals surface area contributed by atoms with Crippen molar-refractivity contribution >= 4 is 44.8 Å². The minimum absolute atomic E-state index is 0.0319. The number of sulfonamides is 1. The largest absolute Gasteiger partial charge is 0.489 e. The third-order valence-corrected chi connectivity index (χ3v) is 6.34. The van der Waals surface area contributed by atoms with E-state index in [-0.39, 0.29) is 29.0 Å². The van der Waals surface area contributed by atoms with Crippen molar-refractivity contribution in [3.63, 3.8) is 0 Å². The molecule has 27 heavy (non-hydrogen) atoms. The Morgan fingerprint density at radius 2 is 1.93 bits per heavy atom. The second-order valence-electron chi connectivity index (χ2n) is 6.04. The van der Waals surface area contributed by atoms with Gasteiger partial charge >= 0.3 is 0 Å². The van der Waals surface area contributed by atoms with Gasteiger partial charge in [0.2, 0.25) is 15.9 Å². The smallest absolute Gasteiger partial charge is 0.242 e. The SMILES string of the molecule is CC(=O)N1CCOc2cc(S(=O)(=O)NCCc3ccc(Cl)cc3)c(Cl)cc21. The number of hydrogen-bond donors (Lipinski definition) is 1. The predicted octanol–water partition coefficient (Wildman–Crippen LogP) is 3.26. The Balaban J connectivity index is 1.78. The standard InChI is InChI=1S/C18H18Cl2N2O4S/c1-12(23)22-8-9-26-17-11-18(15(20)10-16(17)22)27(24,25)21-7-6-13-2-4-14(19)5-3-13/h2-5,10-11,21H,6-9H2,1H3. The third kappa shape index (κ3) is 4.55. The van der Waals surface area contributed by atoms with Crippen molar-refractivity contribution in [2.45, 2.75) is 18.2 Å². The Kier molecular flexibility index (Phi) is 5.95. The van der Waals surface area contributed by atoms with Gasteiger partial charge in [-0.25, -0.2) is 13.1 Å². The van der Waals surface area contributed by atoms with Gasteiger partial charge in [-0.15, -0.1) is 0 Å². The first kappa shape index (κ1) is 19.9. The van der Waals surface area contributed by atoms with Crippen molar-refractivity contribution in [2.24, 2.45) is 0 Å². The molecular weight excluding hydrogens is 411 g/mol. The molecule has 1 aliphatic rings. The molecule has 0 radical (unpaired) electrons. The molecule has 0 saturated carbocycles. The van der Waals surface area contributed by atoms with Crippen molar-refractivity contribution in [3.05, 3.63) is 52.0 Å². The summed E-state index contributed by atoms with van der Waals surface area (Å²) in [7, 11) is -3.83. The summed E-state index contributed by atoms with van der Waals surface area (Å²) in [6, 6.07) is 10.00. The number of fused-ring (bicyclic) bond motifs is 1. The van der Waals surface area contributed by atoms with Crippen LogP contribution >= 0.6 is 23.2 Å². The van der Waals surface area contributed by atoms with E-state index in [2.05, 4.69) is 4.72 Å². The van der Waals surface area contributed by atoms with Crippen molar-refractivity contribution in [3.8, 4) is 5.75 Å². The summed E-state index contributed by atoms with van der Waals surface area (Å²) < 4.78 is 33.4. The molecule has 1 amide bonds. The average molecular weight is 429 g/mol. The van der Waals surface area contributed by atoms with Gasteiger partial charge in [0, 0.05) is 24.6 Å². The number of halogens is 2. The first-order valence-corrected chi connectivity index (χ1v) is 10.5. The lowest BCUT2D eigenvalue weighted by Gasteiger charge is -2.29. The molecular formula is C18H18Cl2N2O4S. The van der Waals surface area contributed by atoms with Crippen LogP contribution in [0.5, 0.6) is 5.75 Å². The summed E-state index contributed by atoms with van der Waals surface area (Å²) >= 11 is 12.0. The lowest BCUT2D eigenvalue weighted by atomic mass is 10.2. The van der Waals surface area contributed by atoms with E-state index in [0.717, 1.165) is 5.56 Å². The van der Waals surface area contributed by atoms with Gasteiger partial charge in [-0.1, -0.05) is 35.3 Å². The molecule has 0 unspecified atom stereocenters. The molecule has 9 heteroatoms. The number of carbonyl (C=O) groups excluding carboxylic acids is 1. The fourth-order valence-corrected chi connectivity index (χ4v) is 4.50. The van der Waals surface area contributed by atoms with Gasteiger partial charge in [0.1, 0.15) is 17.3 Å². The quantitative estimate of drug-likeness (QED) is 0.792. The fraction of sp³-hybridized carbons (Fsp3) is 0.278. The number of benzene rings is 2. The highest BCUT2D eigenvalue weighted by Gasteiger charge is 2.26. The third-order valence-electron chi connectivity index (χ3n) is 4.17. The molecule has 0 aromatic heterocycles. The van der Waals surface area contributed by atoms with Crippen molar-refractivity contribution < 1.29 is 17.9 Å². The highest BCUT2D eigenvalue weighted by molar-refractivity contribution is 7.89. The highest BCUT2D eigenvalue weighted by Crippen LogP contribution is 2.38. The normalized spacial score (nSPS) is 13.8. The van der Waals surface area contributed by atoms with Crippen LogP contribution in [0.15, 0.2) is 41.3 Å². The topological polar surface area (TPSA) is 75.7 Å². The average Bonchev–Trinajstić information content (AvgIpc) is 2.62. The molecule has 1 N–H and O–H groups in total. The second kappa shape index (κ2) is 8.06. The maximum Gasteiger partial charge on any atom is 0.242 e. The molecule has 1 heterocycles. The molecule has 0 atom stereocenters. The molecule has 1 aliphatic heterocycles. The zero-order chi connectivity index (χ0) is 19.6. The monoisotopic (exact) mass is 428 g/mol. The van der Waals surface area contributed by atoms with Gasteiger partial charge < -0.3 is 9.64 Å². The lowest BCUT2D eigenvalue weighted by molar-refractivity contribution is -0.116. The van der Waals surface area contributed by atoms with E-state index in [4.69, 9.17) is 27.9 Å². The molecule has 6 nitrogen and oxygen atoms in total. The van der Waals surface area contributed by atoms with E-state index in [0.29, 0.717) is 29.4 Å². The van der Waals surface area contributed by atoms with Crippen LogP contribution in [0.4, 0.5) is 5.69 Å². The second-order valence-corrected chi connectivity index (χ2v) is 8.62. The number of nitrogens with zero attached hydrogens (tertiary/aromatic N) is 1. The van der Waals surface area contributed by atoms with E-state index in [1.807, 2.05) is 12.1 Å². The molecule has 3 rings (SSSR count). The Bertz CT molecular complexity index is 962. The summed E-state index contributed by atoms with van der Waals surface area (Å²) in [4.78, 5) is 13.2. The van der Waals surface area contributed by atoms with Crippen LogP contribution in [0, 0.1) is 0 Å². The molecule has 144 valence electrons. The summed E-state index contributed by atoms with van der Waals surface area (Å²) in [6.45, 7) is 2.32. The number of amides is 1. The van der Waals surface area contributed by atoms with Crippen LogP contribution in [-0.2, 0) is 21.2 Å². The van der Waals surface area contributed by atoms with Gasteiger partial charge in [0.15, 0.2) is 0 Å². The van der Waals surface area contributed by atoms with Gasteiger partial charge in [-0.3, -0.25) is 4.79 Å². The molecule has 0 saturated heterocycles. The van der Waals surface area contributed by atoms with Crippen LogP contribution in [0.25, 0.3) is 0 Å². The number of carbonyl (C=O) groups is 1. The summed E-state index contributed by atoms with van der Waals surface area (Å²) in [6.07, 6.45) is 0.508. The van der Waals surface area contributed by atoms with Crippen LogP contribution < -0.4 is 14.4 Å². The molecule has 2 aromatic rings. The van der Waals surface area contributed by atoms with Crippen LogP contribution in [0.1, 0.15) is 12.5 Å². The van der Waals surface area contributed by atoms with Crippen molar-refractivity contribution in [1.82, 2.24) is 4.72 Å². The summed E-state index contributed by atoms with van der Waals surface area (Å²) in [5.41, 5.74) is 1.43. The Morgan fingerprint density at radius 1 is 1.22 bits per heavy atom. The van der Waals surface area contributed by atoms with Crippen molar-refractivity contribution in [1.29, 1.82) is 0 Å². The fourth-order valence-electron chi connectivity index (χ4n) is 2.81. The zero-order valence-electron chi connectivity index (χ0n) is 14.5. The lowest BCUT2D eigenvalue weighted by Crippen LogP contribution is -2.36. The van der Waals surface area contributed by atoms with E-state index >= 15 is 0 Å². The van der Waals surface area contributed by atoms with Gasteiger partial charge in [-0.05, 0) is 30.2 Å². The van der Waals surface area contributed by atoms with Crippen molar-refractivity contribution in [2.75, 3.05) is 24.6 Å². The van der Waals surface area contributed by atoms with E-state index < -0.39 is 10.0 Å². The van der Waals surface area contributed by atoms with Crippen LogP contribution in [0.2, 0.25) is 10.0 Å². The molecule has 2 aromatic carbocycles. The Labute approximate surface area is 168 Å². The van der Waals surface area contributed by atoms with E-state index in [1.165, 1.54) is 24.0 Å². The van der Waals surface area contributed by atoms with E-state index in [9.17, 15) is 13.2 Å². The maximum absolute atomic E-state index is 12.6. The molecule has 0 bridgehead atoms. The molecule has 0 aliphatic carbocycles. The van der Waals surface area contributed by atoms with Crippen LogP contribution in [-0.4, -0.2) is 34.0 Å². The number of anilines is 1. The molecule has 0 fully saturated rings. The van der Waals surface area contributed by atoms with Gasteiger partial charge in [0.25, 0.3) is 0 Å². The first-order chi connectivity index (χ1) is 12.8. The van der Waals surface area contributed by atoms with Gasteiger partial charge in [0.05, 0.1) is 17.3 Å². The number of nitrogens with one attached hydrogen (secondary N) is 1. The van der Waals surface area contributed by atoms with Gasteiger partial charge in [-0.2, -0.15) is 0 Å². The minimum atomic E-state index is -3.83. The minimum Gasteiger partial charge on any atom is -0.489 e. The number of rotatable bonds is 5. The Morgan fingerprint density at radius 3 is 2.59 bits per heavy atom. The molecule has 0 spiro atoms. The maximum atomic E-state index is 12.6. The highest BCUT2D eigenvalue weighted by atomic mass is 35.5. The Hall–Kier alpha value is -1.80. The number of ether oxygens (including phenoxy) is 1. The van der Waals surface area contributed by atoms with Crippen LogP contribution in [0.3, 0.4) is 0 Å². The first-order valence-electron chi connectivity index (χ1n) is 8.26. The number of hydrogen-bond acceptors (Lipinski definition) is 4. The summed E-state index contributed by atoms with van der Waals surface area (Å²) in [5.74, 6) is 0.159.